The summed E-state index contributed by atoms with van der Waals surface area (Å²) in [7, 11) is -3.42. The van der Waals surface area contributed by atoms with Gasteiger partial charge in [-0.3, -0.25) is 4.79 Å². The van der Waals surface area contributed by atoms with Gasteiger partial charge in [-0.15, -0.1) is 0 Å². The predicted octanol–water partition coefficient (Wildman–Crippen LogP) is 3.25. The highest BCUT2D eigenvalue weighted by Crippen LogP contribution is 2.42. The summed E-state index contributed by atoms with van der Waals surface area (Å²) in [5, 5.41) is -1.46. The zero-order valence-electron chi connectivity index (χ0n) is 11.5. The molecule has 2 aromatic carbocycles. The van der Waals surface area contributed by atoms with E-state index in [4.69, 9.17) is 0 Å². The number of carbonyl (C=O) groups excluding carboxylic acids is 1. The first-order valence-electron chi connectivity index (χ1n) is 6.93. The highest BCUT2D eigenvalue weighted by molar-refractivity contribution is 7.92. The van der Waals surface area contributed by atoms with Gasteiger partial charge in [0.25, 0.3) is 0 Å². The van der Waals surface area contributed by atoms with Crippen molar-refractivity contribution >= 4 is 15.6 Å². The number of carbonyl (C=O) groups is 1. The molecule has 0 N–H and O–H groups in total. The van der Waals surface area contributed by atoms with Gasteiger partial charge in [-0.25, -0.2) is 8.42 Å². The third-order valence-electron chi connectivity index (χ3n) is 3.96. The summed E-state index contributed by atoms with van der Waals surface area (Å²) in [6, 6.07) is 18.0. The van der Waals surface area contributed by atoms with E-state index in [1.54, 1.807) is 24.3 Å². The van der Waals surface area contributed by atoms with E-state index in [1.165, 1.54) is 0 Å². The third-order valence-corrected chi connectivity index (χ3v) is 6.43. The zero-order chi connectivity index (χ0) is 14.9. The highest BCUT2D eigenvalue weighted by atomic mass is 32.2. The van der Waals surface area contributed by atoms with E-state index in [-0.39, 0.29) is 18.6 Å². The van der Waals surface area contributed by atoms with E-state index >= 15 is 0 Å². The Morgan fingerprint density at radius 3 is 1.48 bits per heavy atom. The van der Waals surface area contributed by atoms with Gasteiger partial charge in [0.2, 0.25) is 0 Å². The normalized spacial score (nSPS) is 24.7. The van der Waals surface area contributed by atoms with Gasteiger partial charge < -0.3 is 0 Å². The molecule has 0 amide bonds. The number of hydrogen-bond donors (Lipinski definition) is 0. The number of hydrogen-bond acceptors (Lipinski definition) is 3. The van der Waals surface area contributed by atoms with Gasteiger partial charge in [-0.05, 0) is 11.1 Å². The van der Waals surface area contributed by atoms with Crippen LogP contribution in [-0.2, 0) is 14.6 Å². The van der Waals surface area contributed by atoms with Crippen LogP contribution in [-0.4, -0.2) is 14.2 Å². The summed E-state index contributed by atoms with van der Waals surface area (Å²) in [5.74, 6) is 0.00697. The van der Waals surface area contributed by atoms with Crippen LogP contribution in [0.25, 0.3) is 0 Å². The lowest BCUT2D eigenvalue weighted by Gasteiger charge is -2.29. The number of Topliss-reactive ketones (excluding diaryl/α,β-unsaturated/α-hetero) is 1. The Kier molecular flexibility index (Phi) is 3.64. The van der Waals surface area contributed by atoms with Crippen molar-refractivity contribution in [3.8, 4) is 0 Å². The molecular weight excluding hydrogens is 284 g/mol. The fraction of sp³-hybridized carbons (Fsp3) is 0.235. The van der Waals surface area contributed by atoms with Crippen molar-refractivity contribution < 1.29 is 13.2 Å². The van der Waals surface area contributed by atoms with Crippen molar-refractivity contribution in [1.82, 2.24) is 0 Å². The monoisotopic (exact) mass is 300 g/mol. The Labute approximate surface area is 124 Å². The predicted molar refractivity (Wildman–Crippen MR) is 81.5 cm³/mol. The molecule has 0 spiro atoms. The maximum absolute atomic E-state index is 12.9. The van der Waals surface area contributed by atoms with E-state index in [0.29, 0.717) is 11.1 Å². The molecule has 1 saturated heterocycles. The molecule has 0 saturated carbocycles. The first-order valence-corrected chi connectivity index (χ1v) is 8.54. The summed E-state index contributed by atoms with van der Waals surface area (Å²) in [6.07, 6.45) is 0.158. The summed E-state index contributed by atoms with van der Waals surface area (Å²) in [5.41, 5.74) is 1.40. The molecule has 2 aromatic rings. The molecule has 0 radical (unpaired) electrons. The zero-order valence-corrected chi connectivity index (χ0v) is 12.3. The molecule has 21 heavy (non-hydrogen) atoms. The average molecular weight is 300 g/mol. The minimum absolute atomic E-state index is 0.00697. The van der Waals surface area contributed by atoms with Gasteiger partial charge in [-0.2, -0.15) is 0 Å². The number of sulfone groups is 1. The summed E-state index contributed by atoms with van der Waals surface area (Å²) < 4.78 is 25.8. The maximum atomic E-state index is 12.9. The van der Waals surface area contributed by atoms with E-state index < -0.39 is 20.3 Å². The van der Waals surface area contributed by atoms with Crippen LogP contribution in [0.1, 0.15) is 34.5 Å². The van der Waals surface area contributed by atoms with Gasteiger partial charge in [0.05, 0.1) is 10.5 Å². The van der Waals surface area contributed by atoms with Crippen molar-refractivity contribution in [2.45, 2.75) is 23.3 Å². The molecule has 1 aliphatic rings. The van der Waals surface area contributed by atoms with Crippen molar-refractivity contribution in [3.05, 3.63) is 71.8 Å². The SMILES string of the molecule is O=C1CC(c2ccccc2)S(=O)(=O)C(c2ccccc2)C1. The van der Waals surface area contributed by atoms with Gasteiger partial charge in [0.15, 0.2) is 9.84 Å². The molecule has 3 rings (SSSR count). The van der Waals surface area contributed by atoms with Crippen molar-refractivity contribution in [2.75, 3.05) is 0 Å². The van der Waals surface area contributed by atoms with Crippen LogP contribution < -0.4 is 0 Å². The van der Waals surface area contributed by atoms with E-state index in [1.807, 2.05) is 36.4 Å². The van der Waals surface area contributed by atoms with Crippen LogP contribution in [0.4, 0.5) is 0 Å². The molecule has 2 atom stereocenters. The lowest BCUT2D eigenvalue weighted by atomic mass is 10.0. The van der Waals surface area contributed by atoms with Crippen LogP contribution in [0.2, 0.25) is 0 Å². The van der Waals surface area contributed by atoms with Gasteiger partial charge in [0.1, 0.15) is 5.78 Å². The quantitative estimate of drug-likeness (QED) is 0.855. The summed E-state index contributed by atoms with van der Waals surface area (Å²) >= 11 is 0. The average Bonchev–Trinajstić information content (AvgIpc) is 2.51. The van der Waals surface area contributed by atoms with Crippen LogP contribution in [0, 0.1) is 0 Å². The smallest absolute Gasteiger partial charge is 0.165 e. The van der Waals surface area contributed by atoms with Crippen LogP contribution in [0.3, 0.4) is 0 Å². The standard InChI is InChI=1S/C17H16O3S/c18-15-11-16(13-7-3-1-4-8-13)21(19,20)17(12-15)14-9-5-2-6-10-14/h1-10,16-17H,11-12H2. The summed E-state index contributed by atoms with van der Waals surface area (Å²) in [6.45, 7) is 0. The first-order chi connectivity index (χ1) is 10.1. The Morgan fingerprint density at radius 1 is 0.714 bits per heavy atom. The molecule has 0 aromatic heterocycles. The Morgan fingerprint density at radius 2 is 1.10 bits per heavy atom. The lowest BCUT2D eigenvalue weighted by Crippen LogP contribution is -2.30. The molecule has 1 aliphatic heterocycles. The second kappa shape index (κ2) is 5.45. The number of rotatable bonds is 2. The fourth-order valence-electron chi connectivity index (χ4n) is 2.88. The van der Waals surface area contributed by atoms with E-state index in [2.05, 4.69) is 0 Å². The second-order valence-corrected chi connectivity index (χ2v) is 7.65. The minimum Gasteiger partial charge on any atom is -0.300 e. The molecule has 1 heterocycles. The van der Waals surface area contributed by atoms with E-state index in [9.17, 15) is 13.2 Å². The van der Waals surface area contributed by atoms with Crippen LogP contribution in [0.15, 0.2) is 60.7 Å². The second-order valence-electron chi connectivity index (χ2n) is 5.33. The Hall–Kier alpha value is -1.94. The molecule has 3 nitrogen and oxygen atoms in total. The first kappa shape index (κ1) is 14.0. The third kappa shape index (κ3) is 2.63. The molecule has 0 bridgehead atoms. The van der Waals surface area contributed by atoms with Crippen molar-refractivity contribution in [1.29, 1.82) is 0 Å². The number of benzene rings is 2. The van der Waals surface area contributed by atoms with Gasteiger partial charge in [0, 0.05) is 12.8 Å². The number of ketones is 1. The largest absolute Gasteiger partial charge is 0.300 e. The molecular formula is C17H16O3S. The fourth-order valence-corrected chi connectivity index (χ4v) is 5.18. The van der Waals surface area contributed by atoms with Crippen molar-refractivity contribution in [3.63, 3.8) is 0 Å². The van der Waals surface area contributed by atoms with E-state index in [0.717, 1.165) is 0 Å². The molecule has 1 fully saturated rings. The lowest BCUT2D eigenvalue weighted by molar-refractivity contribution is -0.119. The molecule has 4 heteroatoms. The summed E-state index contributed by atoms with van der Waals surface area (Å²) in [4.78, 5) is 12.1. The highest BCUT2D eigenvalue weighted by Gasteiger charge is 2.42. The van der Waals surface area contributed by atoms with Gasteiger partial charge >= 0.3 is 0 Å². The van der Waals surface area contributed by atoms with Crippen LogP contribution >= 0.6 is 0 Å². The minimum atomic E-state index is -3.42. The molecule has 0 aliphatic carbocycles. The molecule has 2 unspecified atom stereocenters. The van der Waals surface area contributed by atoms with Crippen LogP contribution in [0.5, 0.6) is 0 Å². The van der Waals surface area contributed by atoms with Crippen molar-refractivity contribution in [2.24, 2.45) is 0 Å². The van der Waals surface area contributed by atoms with Gasteiger partial charge in [-0.1, -0.05) is 60.7 Å². The topological polar surface area (TPSA) is 51.2 Å². The molecule has 108 valence electrons. The Bertz CT molecular complexity index is 679. The maximum Gasteiger partial charge on any atom is 0.165 e. The Balaban J connectivity index is 2.06.